The molecular weight excluding hydrogens is 168 g/mol. The van der Waals surface area contributed by atoms with Crippen LogP contribution in [0.2, 0.25) is 0 Å². The molecule has 0 unspecified atom stereocenters. The maximum atomic E-state index is 5.74. The van der Waals surface area contributed by atoms with E-state index in [4.69, 9.17) is 4.74 Å². The predicted octanol–water partition coefficient (Wildman–Crippen LogP) is 2.57. The van der Waals surface area contributed by atoms with Gasteiger partial charge in [-0.25, -0.2) is 0 Å². The molecule has 2 heteroatoms. The normalized spacial score (nSPS) is 27.8. The number of rotatable bonds is 2. The van der Waals surface area contributed by atoms with Crippen molar-refractivity contribution in [2.75, 3.05) is 5.75 Å². The molecule has 1 aromatic rings. The van der Waals surface area contributed by atoms with Crippen LogP contribution in [0.1, 0.15) is 6.92 Å². The number of ether oxygens (including phenoxy) is 1. The van der Waals surface area contributed by atoms with E-state index in [0.29, 0.717) is 11.4 Å². The van der Waals surface area contributed by atoms with E-state index in [1.165, 1.54) is 0 Å². The number of benzene rings is 1. The van der Waals surface area contributed by atoms with Crippen molar-refractivity contribution in [3.63, 3.8) is 0 Å². The van der Waals surface area contributed by atoms with Crippen molar-refractivity contribution in [3.05, 3.63) is 30.3 Å². The second-order valence-electron chi connectivity index (χ2n) is 3.01. The van der Waals surface area contributed by atoms with Gasteiger partial charge in [-0.05, 0) is 19.1 Å². The van der Waals surface area contributed by atoms with Crippen LogP contribution >= 0.6 is 11.8 Å². The lowest BCUT2D eigenvalue weighted by atomic mass is 10.3. The third kappa shape index (κ3) is 1.58. The predicted molar refractivity (Wildman–Crippen MR) is 52.8 cm³/mol. The van der Waals surface area contributed by atoms with Crippen molar-refractivity contribution < 1.29 is 4.74 Å². The second-order valence-corrected chi connectivity index (χ2v) is 4.42. The van der Waals surface area contributed by atoms with Gasteiger partial charge in [0, 0.05) is 11.0 Å². The average Bonchev–Trinajstić information content (AvgIpc) is 2.14. The monoisotopic (exact) mass is 180 g/mol. The highest BCUT2D eigenvalue weighted by molar-refractivity contribution is 8.01. The summed E-state index contributed by atoms with van der Waals surface area (Å²) < 4.78 is 5.74. The van der Waals surface area contributed by atoms with Crippen molar-refractivity contribution in [1.29, 1.82) is 0 Å². The maximum absolute atomic E-state index is 5.74. The Balaban J connectivity index is 1.95. The summed E-state index contributed by atoms with van der Waals surface area (Å²) in [7, 11) is 0. The van der Waals surface area contributed by atoms with Crippen LogP contribution in [0.5, 0.6) is 5.75 Å². The van der Waals surface area contributed by atoms with Crippen LogP contribution in [0.25, 0.3) is 0 Å². The third-order valence-electron chi connectivity index (χ3n) is 2.08. The average molecular weight is 180 g/mol. The lowest BCUT2D eigenvalue weighted by Gasteiger charge is -2.33. The van der Waals surface area contributed by atoms with Crippen LogP contribution in [0.3, 0.4) is 0 Å². The number of hydrogen-bond acceptors (Lipinski definition) is 2. The molecule has 1 saturated heterocycles. The molecule has 1 nitrogen and oxygen atoms in total. The Bertz CT molecular complexity index is 247. The van der Waals surface area contributed by atoms with Gasteiger partial charge in [-0.15, -0.1) is 0 Å². The molecular formula is C10H12OS. The van der Waals surface area contributed by atoms with Crippen LogP contribution in [-0.2, 0) is 0 Å². The van der Waals surface area contributed by atoms with Crippen molar-refractivity contribution in [3.8, 4) is 5.75 Å². The topological polar surface area (TPSA) is 9.23 Å². The number of hydrogen-bond donors (Lipinski definition) is 0. The van der Waals surface area contributed by atoms with Gasteiger partial charge in [0.2, 0.25) is 0 Å². The zero-order valence-electron chi connectivity index (χ0n) is 7.07. The maximum Gasteiger partial charge on any atom is 0.119 e. The largest absolute Gasteiger partial charge is 0.488 e. The van der Waals surface area contributed by atoms with E-state index in [0.717, 1.165) is 11.5 Å². The highest BCUT2D eigenvalue weighted by atomic mass is 32.2. The molecule has 1 fully saturated rings. The Hall–Kier alpha value is -0.630. The summed E-state index contributed by atoms with van der Waals surface area (Å²) in [5, 5.41) is 0.658. The van der Waals surface area contributed by atoms with E-state index in [1.54, 1.807) is 0 Å². The van der Waals surface area contributed by atoms with Crippen LogP contribution in [0.4, 0.5) is 0 Å². The van der Waals surface area contributed by atoms with Crippen molar-refractivity contribution in [1.82, 2.24) is 0 Å². The van der Waals surface area contributed by atoms with E-state index in [2.05, 4.69) is 6.92 Å². The summed E-state index contributed by atoms with van der Waals surface area (Å²) in [5.41, 5.74) is 0. The van der Waals surface area contributed by atoms with Crippen molar-refractivity contribution in [2.24, 2.45) is 0 Å². The second kappa shape index (κ2) is 3.40. The molecule has 1 aliphatic rings. The molecule has 1 aromatic carbocycles. The summed E-state index contributed by atoms with van der Waals surface area (Å²) in [4.78, 5) is 0. The molecule has 0 aromatic heterocycles. The summed E-state index contributed by atoms with van der Waals surface area (Å²) in [6.07, 6.45) is 0.428. The first-order valence-corrected chi connectivity index (χ1v) is 5.24. The van der Waals surface area contributed by atoms with Gasteiger partial charge >= 0.3 is 0 Å². The lowest BCUT2D eigenvalue weighted by Crippen LogP contribution is -2.39. The fourth-order valence-electron chi connectivity index (χ4n) is 1.17. The molecule has 0 radical (unpaired) electrons. The molecule has 1 heterocycles. The summed E-state index contributed by atoms with van der Waals surface area (Å²) >= 11 is 1.96. The van der Waals surface area contributed by atoms with Gasteiger partial charge < -0.3 is 4.74 Å². The Morgan fingerprint density at radius 2 is 2.08 bits per heavy atom. The minimum absolute atomic E-state index is 0.428. The minimum atomic E-state index is 0.428. The first-order valence-electron chi connectivity index (χ1n) is 4.19. The number of para-hydroxylation sites is 1. The van der Waals surface area contributed by atoms with E-state index in [9.17, 15) is 0 Å². The molecule has 64 valence electrons. The molecule has 0 bridgehead atoms. The summed E-state index contributed by atoms with van der Waals surface area (Å²) in [6.45, 7) is 2.21. The smallest absolute Gasteiger partial charge is 0.119 e. The van der Waals surface area contributed by atoms with Gasteiger partial charge in [0.25, 0.3) is 0 Å². The molecule has 0 amide bonds. The Kier molecular flexibility index (Phi) is 2.26. The van der Waals surface area contributed by atoms with Gasteiger partial charge in [0.1, 0.15) is 11.9 Å². The first kappa shape index (κ1) is 7.99. The molecule has 1 aliphatic heterocycles. The van der Waals surface area contributed by atoms with E-state index < -0.39 is 0 Å². The molecule has 0 aliphatic carbocycles. The van der Waals surface area contributed by atoms with Crippen molar-refractivity contribution >= 4 is 11.8 Å². The molecule has 2 rings (SSSR count). The zero-order valence-corrected chi connectivity index (χ0v) is 7.88. The molecule has 12 heavy (non-hydrogen) atoms. The highest BCUT2D eigenvalue weighted by Gasteiger charge is 2.29. The summed E-state index contributed by atoms with van der Waals surface area (Å²) in [5.74, 6) is 2.13. The van der Waals surface area contributed by atoms with E-state index in [1.807, 2.05) is 42.1 Å². The van der Waals surface area contributed by atoms with Gasteiger partial charge in [0.15, 0.2) is 0 Å². The van der Waals surface area contributed by atoms with Crippen LogP contribution in [0.15, 0.2) is 30.3 Å². The van der Waals surface area contributed by atoms with E-state index in [-0.39, 0.29) is 0 Å². The lowest BCUT2D eigenvalue weighted by molar-refractivity contribution is 0.214. The molecule has 2 atom stereocenters. The standard InChI is InChI=1S/C10H12OS/c1-8-10(7-12-8)11-9-5-3-2-4-6-9/h2-6,8,10H,7H2,1H3/t8-,10+/m0/s1. The molecule has 0 spiro atoms. The molecule has 0 saturated carbocycles. The first-order chi connectivity index (χ1) is 5.86. The Morgan fingerprint density at radius 3 is 2.58 bits per heavy atom. The van der Waals surface area contributed by atoms with Crippen LogP contribution < -0.4 is 4.74 Å². The van der Waals surface area contributed by atoms with E-state index >= 15 is 0 Å². The van der Waals surface area contributed by atoms with Crippen molar-refractivity contribution in [2.45, 2.75) is 18.3 Å². The Morgan fingerprint density at radius 1 is 1.33 bits per heavy atom. The van der Waals surface area contributed by atoms with Gasteiger partial charge in [0.05, 0.1) is 0 Å². The fourth-order valence-corrected chi connectivity index (χ4v) is 2.03. The van der Waals surface area contributed by atoms with Crippen LogP contribution in [-0.4, -0.2) is 17.1 Å². The zero-order chi connectivity index (χ0) is 8.39. The minimum Gasteiger partial charge on any atom is -0.488 e. The SMILES string of the molecule is C[C@@H]1SC[C@H]1Oc1ccccc1. The Labute approximate surface area is 77.1 Å². The molecule has 0 N–H and O–H groups in total. The van der Waals surface area contributed by atoms with Crippen LogP contribution in [0, 0.1) is 0 Å². The fraction of sp³-hybridized carbons (Fsp3) is 0.400. The van der Waals surface area contributed by atoms with Gasteiger partial charge in [-0.2, -0.15) is 11.8 Å². The number of thioether (sulfide) groups is 1. The quantitative estimate of drug-likeness (QED) is 0.691. The summed E-state index contributed by atoms with van der Waals surface area (Å²) in [6, 6.07) is 10.0. The highest BCUT2D eigenvalue weighted by Crippen LogP contribution is 2.31. The van der Waals surface area contributed by atoms with Gasteiger partial charge in [-0.1, -0.05) is 18.2 Å². The third-order valence-corrected chi connectivity index (χ3v) is 3.43. The van der Waals surface area contributed by atoms with Gasteiger partial charge in [-0.3, -0.25) is 0 Å².